The van der Waals surface area contributed by atoms with E-state index in [9.17, 15) is 14.7 Å². The second-order valence-corrected chi connectivity index (χ2v) is 8.36. The lowest BCUT2D eigenvalue weighted by atomic mass is 10.0. The number of methoxy groups -OCH3 is 1. The van der Waals surface area contributed by atoms with Gasteiger partial charge in [-0.15, -0.1) is 10.2 Å². The average Bonchev–Trinajstić information content (AvgIpc) is 2.89. The van der Waals surface area contributed by atoms with Crippen LogP contribution in [0.4, 0.5) is 17.1 Å². The molecule has 0 heterocycles. The van der Waals surface area contributed by atoms with Crippen molar-refractivity contribution in [3.63, 3.8) is 0 Å². The van der Waals surface area contributed by atoms with Crippen LogP contribution in [-0.4, -0.2) is 31.1 Å². The highest BCUT2D eigenvalue weighted by molar-refractivity contribution is 6.31. The lowest BCUT2D eigenvalue weighted by molar-refractivity contribution is 0.0962. The third-order valence-corrected chi connectivity index (χ3v) is 5.85. The zero-order valence-electron chi connectivity index (χ0n) is 19.8. The lowest BCUT2D eigenvalue weighted by Crippen LogP contribution is -2.17. The van der Waals surface area contributed by atoms with Gasteiger partial charge in [-0.1, -0.05) is 41.9 Å². The molecule has 0 radical (unpaired) electrons. The second-order valence-electron chi connectivity index (χ2n) is 7.92. The number of fused-ring (bicyclic) bond motifs is 1. The number of benzene rings is 4. The Morgan fingerprint density at radius 2 is 1.75 bits per heavy atom. The van der Waals surface area contributed by atoms with Crippen LogP contribution in [0.25, 0.3) is 10.8 Å². The molecule has 0 aromatic heterocycles. The van der Waals surface area contributed by atoms with Gasteiger partial charge in [0, 0.05) is 28.7 Å². The van der Waals surface area contributed by atoms with Crippen molar-refractivity contribution in [2.75, 3.05) is 19.5 Å². The predicted octanol–water partition coefficient (Wildman–Crippen LogP) is 6.54. The number of phenolic OH excluding ortho intramolecular Hbond substituents is 1. The molecule has 0 spiro atoms. The number of hydrogen-bond donors (Lipinski definition) is 3. The highest BCUT2D eigenvalue weighted by atomic mass is 35.5. The number of ether oxygens (including phenoxy) is 1. The summed E-state index contributed by atoms with van der Waals surface area (Å²) in [4.78, 5) is 25.2. The molecule has 3 N–H and O–H groups in total. The number of azo groups is 1. The molecular weight excluding hydrogens is 480 g/mol. The van der Waals surface area contributed by atoms with E-state index in [0.717, 1.165) is 5.56 Å². The summed E-state index contributed by atoms with van der Waals surface area (Å²) in [6.07, 6.45) is 0. The number of hydrogen-bond acceptors (Lipinski definition) is 6. The standard InChI is InChI=1S/C27H23ClN4O4/c1-15-8-10-18(28)14-21(15)30-27(35)20-12-16-6-4-5-7-19(16)24(25(20)33)32-31-22-13-17(26(34)29-2)9-11-23(22)36-3/h4-14,33H,1-3H3,(H,29,34)(H,30,35). The van der Waals surface area contributed by atoms with E-state index in [1.807, 2.05) is 19.1 Å². The van der Waals surface area contributed by atoms with Crippen LogP contribution in [-0.2, 0) is 0 Å². The number of amides is 2. The van der Waals surface area contributed by atoms with Crippen molar-refractivity contribution in [2.24, 2.45) is 10.2 Å². The van der Waals surface area contributed by atoms with Crippen molar-refractivity contribution in [3.8, 4) is 11.5 Å². The van der Waals surface area contributed by atoms with Gasteiger partial charge in [0.15, 0.2) is 5.75 Å². The van der Waals surface area contributed by atoms with Gasteiger partial charge < -0.3 is 20.5 Å². The van der Waals surface area contributed by atoms with Gasteiger partial charge in [-0.3, -0.25) is 9.59 Å². The summed E-state index contributed by atoms with van der Waals surface area (Å²) < 4.78 is 5.35. The fourth-order valence-electron chi connectivity index (χ4n) is 3.67. The van der Waals surface area contributed by atoms with E-state index >= 15 is 0 Å². The Balaban J connectivity index is 1.80. The largest absolute Gasteiger partial charge is 0.505 e. The SMILES string of the molecule is CNC(=O)c1ccc(OC)c(N=Nc2c(O)c(C(=O)Nc3cc(Cl)ccc3C)cc3ccccc23)c1. The Hall–Kier alpha value is -4.43. The predicted molar refractivity (Wildman–Crippen MR) is 140 cm³/mol. The molecule has 0 saturated heterocycles. The van der Waals surface area contributed by atoms with Crippen LogP contribution in [0.5, 0.6) is 11.5 Å². The molecule has 36 heavy (non-hydrogen) atoms. The van der Waals surface area contributed by atoms with Gasteiger partial charge in [-0.2, -0.15) is 0 Å². The zero-order chi connectivity index (χ0) is 25.8. The molecule has 0 aliphatic rings. The molecular formula is C27H23ClN4O4. The van der Waals surface area contributed by atoms with Crippen LogP contribution in [0.1, 0.15) is 26.3 Å². The van der Waals surface area contributed by atoms with Crippen LogP contribution >= 0.6 is 11.6 Å². The van der Waals surface area contributed by atoms with E-state index in [0.29, 0.717) is 32.8 Å². The number of aryl methyl sites for hydroxylation is 1. The van der Waals surface area contributed by atoms with Crippen molar-refractivity contribution in [2.45, 2.75) is 6.92 Å². The number of phenols is 1. The van der Waals surface area contributed by atoms with Gasteiger partial charge >= 0.3 is 0 Å². The Morgan fingerprint density at radius 1 is 0.972 bits per heavy atom. The minimum Gasteiger partial charge on any atom is -0.505 e. The molecule has 0 unspecified atom stereocenters. The fourth-order valence-corrected chi connectivity index (χ4v) is 3.84. The van der Waals surface area contributed by atoms with Crippen LogP contribution in [0.2, 0.25) is 5.02 Å². The molecule has 0 atom stereocenters. The van der Waals surface area contributed by atoms with Crippen LogP contribution in [0.3, 0.4) is 0 Å². The normalized spacial score (nSPS) is 11.0. The molecule has 4 rings (SSSR count). The maximum absolute atomic E-state index is 13.2. The first kappa shape index (κ1) is 24.7. The Labute approximate surface area is 212 Å². The van der Waals surface area contributed by atoms with Gasteiger partial charge in [-0.25, -0.2) is 0 Å². The van der Waals surface area contributed by atoms with E-state index in [2.05, 4.69) is 20.9 Å². The summed E-state index contributed by atoms with van der Waals surface area (Å²) in [7, 11) is 3.00. The van der Waals surface area contributed by atoms with Crippen molar-refractivity contribution < 1.29 is 19.4 Å². The monoisotopic (exact) mass is 502 g/mol. The maximum Gasteiger partial charge on any atom is 0.259 e. The fraction of sp³-hybridized carbons (Fsp3) is 0.111. The van der Waals surface area contributed by atoms with Gasteiger partial charge in [0.05, 0.1) is 12.7 Å². The number of nitrogens with one attached hydrogen (secondary N) is 2. The zero-order valence-corrected chi connectivity index (χ0v) is 20.6. The maximum atomic E-state index is 13.2. The number of nitrogens with zero attached hydrogens (tertiary/aromatic N) is 2. The highest BCUT2D eigenvalue weighted by Crippen LogP contribution is 2.40. The van der Waals surface area contributed by atoms with Crippen molar-refractivity contribution >= 4 is 51.2 Å². The molecule has 8 nitrogen and oxygen atoms in total. The van der Waals surface area contributed by atoms with E-state index in [1.54, 1.807) is 48.5 Å². The van der Waals surface area contributed by atoms with Crippen molar-refractivity contribution in [1.82, 2.24) is 5.32 Å². The first-order valence-electron chi connectivity index (χ1n) is 11.0. The number of rotatable bonds is 6. The molecule has 0 bridgehead atoms. The van der Waals surface area contributed by atoms with E-state index in [-0.39, 0.29) is 28.6 Å². The van der Waals surface area contributed by atoms with Gasteiger partial charge in [0.1, 0.15) is 17.1 Å². The molecule has 0 aliphatic heterocycles. The smallest absolute Gasteiger partial charge is 0.259 e. The van der Waals surface area contributed by atoms with Crippen molar-refractivity contribution in [1.29, 1.82) is 0 Å². The van der Waals surface area contributed by atoms with Crippen LogP contribution in [0, 0.1) is 6.92 Å². The summed E-state index contributed by atoms with van der Waals surface area (Å²) >= 11 is 6.08. The number of anilines is 1. The van der Waals surface area contributed by atoms with Crippen molar-refractivity contribution in [3.05, 3.63) is 88.4 Å². The Kier molecular flexibility index (Phi) is 7.17. The van der Waals surface area contributed by atoms with E-state index < -0.39 is 5.91 Å². The summed E-state index contributed by atoms with van der Waals surface area (Å²) in [5.41, 5.74) is 2.12. The average molecular weight is 503 g/mol. The molecule has 0 aliphatic carbocycles. The van der Waals surface area contributed by atoms with Gasteiger partial charge in [0.25, 0.3) is 11.8 Å². The number of aromatic hydroxyl groups is 1. The summed E-state index contributed by atoms with van der Waals surface area (Å²) in [6.45, 7) is 1.84. The molecule has 182 valence electrons. The summed E-state index contributed by atoms with van der Waals surface area (Å²) in [5.74, 6) is -0.770. The molecule has 9 heteroatoms. The van der Waals surface area contributed by atoms with E-state index in [1.165, 1.54) is 20.2 Å². The number of carbonyl (C=O) groups excluding carboxylic acids is 2. The van der Waals surface area contributed by atoms with Gasteiger partial charge in [-0.05, 0) is 54.3 Å². The third kappa shape index (κ3) is 4.99. The lowest BCUT2D eigenvalue weighted by Gasteiger charge is -2.13. The third-order valence-electron chi connectivity index (χ3n) is 5.61. The quantitative estimate of drug-likeness (QED) is 0.260. The van der Waals surface area contributed by atoms with Crippen LogP contribution in [0.15, 0.2) is 77.0 Å². The minimum atomic E-state index is -0.528. The Bertz CT molecular complexity index is 1520. The highest BCUT2D eigenvalue weighted by Gasteiger charge is 2.19. The van der Waals surface area contributed by atoms with Gasteiger partial charge in [0.2, 0.25) is 0 Å². The topological polar surface area (TPSA) is 112 Å². The first-order valence-corrected chi connectivity index (χ1v) is 11.3. The number of halogens is 1. The van der Waals surface area contributed by atoms with E-state index in [4.69, 9.17) is 16.3 Å². The Morgan fingerprint density at radius 3 is 2.50 bits per heavy atom. The molecule has 2 amide bonds. The molecule has 4 aromatic carbocycles. The summed E-state index contributed by atoms with van der Waals surface area (Å²) in [5, 5.41) is 26.8. The summed E-state index contributed by atoms with van der Waals surface area (Å²) in [6, 6.07) is 18.7. The number of carbonyl (C=O) groups is 2. The molecule has 0 saturated carbocycles. The van der Waals surface area contributed by atoms with Crippen LogP contribution < -0.4 is 15.4 Å². The second kappa shape index (κ2) is 10.5. The first-order chi connectivity index (χ1) is 17.3. The molecule has 0 fully saturated rings. The minimum absolute atomic E-state index is 0.0214. The molecule has 4 aromatic rings.